The minimum Gasteiger partial charge on any atom is -0.338 e. The van der Waals surface area contributed by atoms with Crippen LogP contribution in [0, 0.1) is 18.6 Å². The van der Waals surface area contributed by atoms with Gasteiger partial charge in [0.15, 0.2) is 5.82 Å². The number of anilines is 1. The van der Waals surface area contributed by atoms with Crippen molar-refractivity contribution >= 4 is 5.95 Å². The number of piperidine rings is 1. The van der Waals surface area contributed by atoms with Crippen LogP contribution >= 0.6 is 0 Å². The quantitative estimate of drug-likeness (QED) is 0.888. The molecule has 2 aromatic rings. The van der Waals surface area contributed by atoms with Crippen LogP contribution in [0.3, 0.4) is 0 Å². The summed E-state index contributed by atoms with van der Waals surface area (Å²) in [6.45, 7) is 3.03. The van der Waals surface area contributed by atoms with Gasteiger partial charge in [0.05, 0.1) is 5.56 Å². The number of nitrogens with zero attached hydrogens (tertiary/aromatic N) is 3. The van der Waals surface area contributed by atoms with Crippen molar-refractivity contribution in [2.45, 2.75) is 25.8 Å². The fourth-order valence-electron chi connectivity index (χ4n) is 2.57. The van der Waals surface area contributed by atoms with E-state index in [2.05, 4.69) is 15.2 Å². The van der Waals surface area contributed by atoms with Crippen molar-refractivity contribution in [3.63, 3.8) is 0 Å². The summed E-state index contributed by atoms with van der Waals surface area (Å²) in [5, 5.41) is 6.68. The molecule has 1 saturated heterocycles. The van der Waals surface area contributed by atoms with Gasteiger partial charge < -0.3 is 10.6 Å². The number of nitrogens with two attached hydrogens (primary N) is 1. The number of benzene rings is 1. The van der Waals surface area contributed by atoms with Crippen molar-refractivity contribution in [1.29, 1.82) is 0 Å². The lowest BCUT2D eigenvalue weighted by Crippen LogP contribution is -2.43. The van der Waals surface area contributed by atoms with Crippen LogP contribution in [0.5, 0.6) is 0 Å². The molecule has 21 heavy (non-hydrogen) atoms. The molecule has 0 bridgehead atoms. The molecule has 1 aromatic carbocycles. The molecule has 7 heteroatoms. The Hall–Kier alpha value is -2.02. The first kappa shape index (κ1) is 13.9. The maximum atomic E-state index is 14.1. The van der Waals surface area contributed by atoms with Gasteiger partial charge in [0.1, 0.15) is 11.6 Å². The van der Waals surface area contributed by atoms with Gasteiger partial charge in [-0.3, -0.25) is 5.10 Å². The number of nitrogens with one attached hydrogen (secondary N) is 1. The van der Waals surface area contributed by atoms with Crippen LogP contribution in [0.25, 0.3) is 11.4 Å². The van der Waals surface area contributed by atoms with Gasteiger partial charge in [-0.2, -0.15) is 4.98 Å². The molecule has 0 spiro atoms. The van der Waals surface area contributed by atoms with E-state index in [0.717, 1.165) is 19.4 Å². The molecule has 1 aliphatic heterocycles. The number of rotatable bonds is 2. The Morgan fingerprint density at radius 2 is 2.19 bits per heavy atom. The largest absolute Gasteiger partial charge is 0.338 e. The van der Waals surface area contributed by atoms with E-state index in [1.807, 2.05) is 4.90 Å². The molecule has 1 unspecified atom stereocenters. The SMILES string of the molecule is Cc1ccc(F)c(-c2nc(N3CCCC(N)C3)n[nH]2)c1F. The van der Waals surface area contributed by atoms with E-state index in [1.165, 1.54) is 12.1 Å². The predicted octanol–water partition coefficient (Wildman–Crippen LogP) is 1.99. The third-order valence-corrected chi connectivity index (χ3v) is 3.74. The minimum absolute atomic E-state index is 0.0770. The second kappa shape index (κ2) is 5.40. The molecule has 1 atom stereocenters. The Morgan fingerprint density at radius 3 is 2.95 bits per heavy atom. The highest BCUT2D eigenvalue weighted by molar-refractivity contribution is 5.59. The molecule has 0 saturated carbocycles. The highest BCUT2D eigenvalue weighted by Crippen LogP contribution is 2.26. The molecule has 5 nitrogen and oxygen atoms in total. The van der Waals surface area contributed by atoms with E-state index in [-0.39, 0.29) is 17.4 Å². The van der Waals surface area contributed by atoms with E-state index < -0.39 is 11.6 Å². The second-order valence-corrected chi connectivity index (χ2v) is 5.39. The Balaban J connectivity index is 1.94. The van der Waals surface area contributed by atoms with Gasteiger partial charge in [0.25, 0.3) is 0 Å². The summed E-state index contributed by atoms with van der Waals surface area (Å²) in [4.78, 5) is 6.16. The van der Waals surface area contributed by atoms with Crippen molar-refractivity contribution in [2.24, 2.45) is 5.73 Å². The summed E-state index contributed by atoms with van der Waals surface area (Å²) in [6.07, 6.45) is 1.92. The van der Waals surface area contributed by atoms with Gasteiger partial charge in [-0.1, -0.05) is 6.07 Å². The molecule has 3 N–H and O–H groups in total. The smallest absolute Gasteiger partial charge is 0.245 e. The van der Waals surface area contributed by atoms with E-state index >= 15 is 0 Å². The van der Waals surface area contributed by atoms with Crippen molar-refractivity contribution < 1.29 is 8.78 Å². The van der Waals surface area contributed by atoms with Crippen molar-refractivity contribution in [1.82, 2.24) is 15.2 Å². The number of aromatic nitrogens is 3. The zero-order valence-electron chi connectivity index (χ0n) is 11.7. The Bertz CT molecular complexity index is 655. The van der Waals surface area contributed by atoms with Gasteiger partial charge in [0.2, 0.25) is 5.95 Å². The maximum Gasteiger partial charge on any atom is 0.245 e. The third kappa shape index (κ3) is 2.61. The average molecular weight is 293 g/mol. The second-order valence-electron chi connectivity index (χ2n) is 5.39. The third-order valence-electron chi connectivity index (χ3n) is 3.74. The lowest BCUT2D eigenvalue weighted by atomic mass is 10.1. The van der Waals surface area contributed by atoms with E-state index in [0.29, 0.717) is 18.1 Å². The molecule has 2 heterocycles. The van der Waals surface area contributed by atoms with Gasteiger partial charge in [-0.25, -0.2) is 8.78 Å². The number of hydrogen-bond donors (Lipinski definition) is 2. The van der Waals surface area contributed by atoms with Crippen molar-refractivity contribution in [3.8, 4) is 11.4 Å². The predicted molar refractivity (Wildman–Crippen MR) is 75.9 cm³/mol. The molecular formula is C14H17F2N5. The van der Waals surface area contributed by atoms with Gasteiger partial charge in [-0.15, -0.1) is 5.10 Å². The molecule has 0 aliphatic carbocycles. The normalized spacial score (nSPS) is 19.0. The zero-order valence-corrected chi connectivity index (χ0v) is 11.7. The molecule has 0 amide bonds. The Morgan fingerprint density at radius 1 is 1.38 bits per heavy atom. The zero-order chi connectivity index (χ0) is 15.0. The number of halogens is 2. The summed E-state index contributed by atoms with van der Waals surface area (Å²) in [5.41, 5.74) is 6.11. The first-order valence-corrected chi connectivity index (χ1v) is 6.94. The highest BCUT2D eigenvalue weighted by Gasteiger charge is 2.22. The molecule has 112 valence electrons. The standard InChI is InChI=1S/C14H17F2N5/c1-8-4-5-10(15)11(12(8)16)13-18-14(20-19-13)21-6-2-3-9(17)7-21/h4-5,9H,2-3,6-7,17H2,1H3,(H,18,19,20). The summed E-state index contributed by atoms with van der Waals surface area (Å²) in [7, 11) is 0. The lowest BCUT2D eigenvalue weighted by molar-refractivity contribution is 0.500. The van der Waals surface area contributed by atoms with E-state index in [9.17, 15) is 8.78 Å². The van der Waals surface area contributed by atoms with E-state index in [1.54, 1.807) is 6.92 Å². The van der Waals surface area contributed by atoms with Gasteiger partial charge in [0, 0.05) is 19.1 Å². The van der Waals surface area contributed by atoms with Crippen LogP contribution in [-0.4, -0.2) is 34.3 Å². The number of H-pyrrole nitrogens is 1. The Labute approximate surface area is 121 Å². The summed E-state index contributed by atoms with van der Waals surface area (Å²) in [6, 6.07) is 2.70. The van der Waals surface area contributed by atoms with Gasteiger partial charge in [-0.05, 0) is 31.4 Å². The van der Waals surface area contributed by atoms with Crippen LogP contribution in [0.2, 0.25) is 0 Å². The molecule has 1 aliphatic rings. The highest BCUT2D eigenvalue weighted by atomic mass is 19.1. The van der Waals surface area contributed by atoms with E-state index in [4.69, 9.17) is 5.73 Å². The van der Waals surface area contributed by atoms with Crippen LogP contribution < -0.4 is 10.6 Å². The van der Waals surface area contributed by atoms with Gasteiger partial charge >= 0.3 is 0 Å². The summed E-state index contributed by atoms with van der Waals surface area (Å²) < 4.78 is 28.0. The van der Waals surface area contributed by atoms with Crippen molar-refractivity contribution in [3.05, 3.63) is 29.3 Å². The molecule has 1 aromatic heterocycles. The van der Waals surface area contributed by atoms with Crippen LogP contribution in [-0.2, 0) is 0 Å². The maximum absolute atomic E-state index is 14.1. The van der Waals surface area contributed by atoms with Crippen LogP contribution in [0.4, 0.5) is 14.7 Å². The fraction of sp³-hybridized carbons (Fsp3) is 0.429. The summed E-state index contributed by atoms with van der Waals surface area (Å²) in [5.74, 6) is -0.743. The molecule has 0 radical (unpaired) electrons. The average Bonchev–Trinajstić information content (AvgIpc) is 2.93. The topological polar surface area (TPSA) is 70.8 Å². The fourth-order valence-corrected chi connectivity index (χ4v) is 2.57. The van der Waals surface area contributed by atoms with Crippen LogP contribution in [0.1, 0.15) is 18.4 Å². The Kier molecular flexibility index (Phi) is 3.59. The van der Waals surface area contributed by atoms with Crippen molar-refractivity contribution in [2.75, 3.05) is 18.0 Å². The van der Waals surface area contributed by atoms with Crippen LogP contribution in [0.15, 0.2) is 12.1 Å². The minimum atomic E-state index is -0.656. The molecule has 3 rings (SSSR count). The monoisotopic (exact) mass is 293 g/mol. The first-order valence-electron chi connectivity index (χ1n) is 6.94. The lowest BCUT2D eigenvalue weighted by Gasteiger charge is -2.29. The molecule has 1 fully saturated rings. The number of hydrogen-bond acceptors (Lipinski definition) is 4. The summed E-state index contributed by atoms with van der Waals surface area (Å²) >= 11 is 0. The number of aromatic amines is 1. The number of aryl methyl sites for hydroxylation is 1. The molecular weight excluding hydrogens is 276 g/mol. The first-order chi connectivity index (χ1) is 10.1.